The van der Waals surface area contributed by atoms with E-state index in [0.717, 1.165) is 38.5 Å². The molecule has 3 aromatic carbocycles. The van der Waals surface area contributed by atoms with E-state index in [2.05, 4.69) is 38.7 Å². The van der Waals surface area contributed by atoms with Crippen molar-refractivity contribution in [3.8, 4) is 21.6 Å². The predicted octanol–water partition coefficient (Wildman–Crippen LogP) is 2.11. The van der Waals surface area contributed by atoms with Crippen LogP contribution in [-0.2, 0) is 26.3 Å². The Bertz CT molecular complexity index is 1390. The molecule has 1 N–H and O–H groups in total. The number of rotatable bonds is 8. The van der Waals surface area contributed by atoms with Gasteiger partial charge in [0.15, 0.2) is 0 Å². The van der Waals surface area contributed by atoms with Crippen molar-refractivity contribution >= 4 is 29.7 Å². The number of nitrogens with one attached hydrogen (secondary N) is 1. The van der Waals surface area contributed by atoms with Gasteiger partial charge in [0.05, 0.1) is 22.2 Å². The molecule has 5 rings (SSSR count). The van der Waals surface area contributed by atoms with Gasteiger partial charge in [0.1, 0.15) is 12.4 Å². The zero-order valence-corrected chi connectivity index (χ0v) is 24.3. The summed E-state index contributed by atoms with van der Waals surface area (Å²) >= 11 is 1.50. The SMILES string of the molecule is CNc1c(C)nsc1-c1ccc(-c2ccc(C3(C(=O)[O-])CC3)cc2)cc1.O=COCc1cccc(F)c1.[Na+]. The van der Waals surface area contributed by atoms with E-state index in [9.17, 15) is 19.1 Å². The molecule has 190 valence electrons. The topological polar surface area (TPSA) is 91.4 Å². The van der Waals surface area contributed by atoms with E-state index < -0.39 is 11.4 Å². The molecule has 1 aliphatic rings. The predicted molar refractivity (Wildman–Crippen MR) is 140 cm³/mol. The van der Waals surface area contributed by atoms with Crippen molar-refractivity contribution in [1.82, 2.24) is 4.37 Å². The van der Waals surface area contributed by atoms with E-state index in [-0.39, 0.29) is 42.0 Å². The molecule has 0 radical (unpaired) electrons. The number of aryl methyl sites for hydroxylation is 1. The van der Waals surface area contributed by atoms with Crippen LogP contribution in [0.15, 0.2) is 72.8 Å². The van der Waals surface area contributed by atoms with Crippen LogP contribution < -0.4 is 40.0 Å². The van der Waals surface area contributed by atoms with Crippen molar-refractivity contribution in [3.63, 3.8) is 0 Å². The number of hydrogen-bond donors (Lipinski definition) is 1. The first-order chi connectivity index (χ1) is 17.9. The second-order valence-electron chi connectivity index (χ2n) is 8.78. The third kappa shape index (κ3) is 6.69. The van der Waals surface area contributed by atoms with Gasteiger partial charge in [-0.25, -0.2) is 4.39 Å². The molecule has 1 fully saturated rings. The van der Waals surface area contributed by atoms with Gasteiger partial charge in [0, 0.05) is 12.5 Å². The van der Waals surface area contributed by atoms with Gasteiger partial charge >= 0.3 is 29.6 Å². The van der Waals surface area contributed by atoms with Crippen LogP contribution in [0, 0.1) is 12.7 Å². The average Bonchev–Trinajstić information content (AvgIpc) is 3.65. The monoisotopic (exact) mass is 540 g/mol. The largest absolute Gasteiger partial charge is 1.00 e. The summed E-state index contributed by atoms with van der Waals surface area (Å²) in [6.45, 7) is 2.47. The van der Waals surface area contributed by atoms with Gasteiger partial charge in [-0.05, 0) is 71.2 Å². The number of aliphatic carboxylic acids is 1. The molecule has 0 unspecified atom stereocenters. The Morgan fingerprint density at radius 1 is 1.08 bits per heavy atom. The van der Waals surface area contributed by atoms with Gasteiger partial charge in [0.2, 0.25) is 0 Å². The summed E-state index contributed by atoms with van der Waals surface area (Å²) in [4.78, 5) is 22.2. The minimum Gasteiger partial charge on any atom is -0.549 e. The molecule has 0 atom stereocenters. The standard InChI is InChI=1S/C21H20N2O2S.C8H7FO2.Na/c1-13-18(22-2)19(26-23-13)16-5-3-14(4-6-16)15-7-9-17(10-8-15)21(11-12-21)20(24)25;9-8-3-1-2-7(4-8)5-11-6-10;/h3-10,22H,11-12H2,1-2H3,(H,24,25);1-4,6H,5H2;/q;;+1/p-1. The fourth-order valence-electron chi connectivity index (χ4n) is 4.15. The van der Waals surface area contributed by atoms with Crippen molar-refractivity contribution in [2.75, 3.05) is 12.4 Å². The molecule has 38 heavy (non-hydrogen) atoms. The van der Waals surface area contributed by atoms with Crippen LogP contribution in [0.3, 0.4) is 0 Å². The molecule has 0 bridgehead atoms. The molecule has 0 saturated heterocycles. The molecule has 9 heteroatoms. The first-order valence-electron chi connectivity index (χ1n) is 11.7. The quantitative estimate of drug-likeness (QED) is 0.272. The first kappa shape index (κ1) is 29.5. The van der Waals surface area contributed by atoms with Crippen molar-refractivity contribution in [3.05, 3.63) is 95.4 Å². The second kappa shape index (κ2) is 13.2. The van der Waals surface area contributed by atoms with Gasteiger partial charge in [-0.3, -0.25) is 4.79 Å². The minimum atomic E-state index is -0.963. The molecule has 1 heterocycles. The van der Waals surface area contributed by atoms with Crippen LogP contribution in [0.5, 0.6) is 0 Å². The smallest absolute Gasteiger partial charge is 0.549 e. The number of benzene rings is 3. The zero-order valence-electron chi connectivity index (χ0n) is 21.5. The number of halogens is 1. The maximum Gasteiger partial charge on any atom is 1.00 e. The Morgan fingerprint density at radius 2 is 1.68 bits per heavy atom. The van der Waals surface area contributed by atoms with E-state index in [1.807, 2.05) is 38.2 Å². The number of carboxylic acids is 1. The Kier molecular flexibility index (Phi) is 10.2. The van der Waals surface area contributed by atoms with Gasteiger partial charge < -0.3 is 20.0 Å². The molecular weight excluding hydrogens is 514 g/mol. The first-order valence-corrected chi connectivity index (χ1v) is 12.5. The zero-order chi connectivity index (χ0) is 26.4. The number of carboxylic acid groups (broad SMARTS) is 1. The Hall–Kier alpha value is -3.04. The van der Waals surface area contributed by atoms with Crippen LogP contribution in [-0.4, -0.2) is 23.9 Å². The number of nitrogens with zero attached hydrogens (tertiary/aromatic N) is 1. The summed E-state index contributed by atoms with van der Waals surface area (Å²) in [5.41, 5.74) is 6.13. The number of carbonyl (C=O) groups is 2. The molecule has 0 aliphatic heterocycles. The van der Waals surface area contributed by atoms with E-state index in [4.69, 9.17) is 0 Å². The van der Waals surface area contributed by atoms with Crippen molar-refractivity contribution in [2.45, 2.75) is 31.8 Å². The van der Waals surface area contributed by atoms with Gasteiger partial charge in [0.25, 0.3) is 6.47 Å². The van der Waals surface area contributed by atoms with Gasteiger partial charge in [-0.1, -0.05) is 60.7 Å². The molecular formula is C29H26FN2NaO4S. The Morgan fingerprint density at radius 3 is 2.21 bits per heavy atom. The van der Waals surface area contributed by atoms with Crippen LogP contribution in [0.25, 0.3) is 21.6 Å². The normalized spacial score (nSPS) is 12.8. The summed E-state index contributed by atoms with van der Waals surface area (Å²) in [6, 6.07) is 22.1. The van der Waals surface area contributed by atoms with Crippen molar-refractivity contribution in [2.24, 2.45) is 0 Å². The number of hydrogen-bond acceptors (Lipinski definition) is 7. The molecule has 0 amide bonds. The van der Waals surface area contributed by atoms with Crippen molar-refractivity contribution < 1.29 is 53.4 Å². The maximum absolute atomic E-state index is 12.5. The summed E-state index contributed by atoms with van der Waals surface area (Å²) in [7, 11) is 1.91. The van der Waals surface area contributed by atoms with Crippen molar-refractivity contribution in [1.29, 1.82) is 0 Å². The van der Waals surface area contributed by atoms with E-state index >= 15 is 0 Å². The van der Waals surface area contributed by atoms with Crippen LogP contribution in [0.1, 0.15) is 29.7 Å². The maximum atomic E-state index is 12.5. The van der Waals surface area contributed by atoms with E-state index in [0.29, 0.717) is 24.9 Å². The summed E-state index contributed by atoms with van der Waals surface area (Å²) in [6.07, 6.45) is 1.34. The van der Waals surface area contributed by atoms with E-state index in [1.54, 1.807) is 12.1 Å². The van der Waals surface area contributed by atoms with E-state index in [1.165, 1.54) is 23.7 Å². The summed E-state index contributed by atoms with van der Waals surface area (Å²) < 4.78 is 21.3. The van der Waals surface area contributed by atoms with Crippen LogP contribution >= 0.6 is 11.5 Å². The molecule has 4 aromatic rings. The second-order valence-corrected chi connectivity index (χ2v) is 9.56. The fraction of sp³-hybridized carbons (Fsp3) is 0.207. The Labute approximate surface area is 247 Å². The fourth-order valence-corrected chi connectivity index (χ4v) is 5.05. The van der Waals surface area contributed by atoms with Crippen LogP contribution in [0.4, 0.5) is 10.1 Å². The summed E-state index contributed by atoms with van der Waals surface area (Å²) in [5, 5.41) is 14.6. The molecule has 1 aromatic heterocycles. The van der Waals surface area contributed by atoms with Gasteiger partial charge in [-0.15, -0.1) is 0 Å². The van der Waals surface area contributed by atoms with Crippen LogP contribution in [0.2, 0.25) is 0 Å². The molecule has 1 saturated carbocycles. The summed E-state index contributed by atoms with van der Waals surface area (Å²) in [5.74, 6) is -1.29. The molecule has 0 spiro atoms. The molecule has 6 nitrogen and oxygen atoms in total. The molecule has 1 aliphatic carbocycles. The number of ether oxygens (including phenoxy) is 1. The third-order valence-electron chi connectivity index (χ3n) is 6.38. The Balaban J connectivity index is 0.000000282. The third-order valence-corrected chi connectivity index (χ3v) is 7.37. The minimum absolute atomic E-state index is 0. The number of carbonyl (C=O) groups excluding carboxylic acids is 2. The van der Waals surface area contributed by atoms with Gasteiger partial charge in [-0.2, -0.15) is 4.37 Å². The number of anilines is 1. The average molecular weight is 541 g/mol. The number of aromatic nitrogens is 1.